The second-order valence-electron chi connectivity index (χ2n) is 13.1. The first kappa shape index (κ1) is 30.5. The van der Waals surface area contributed by atoms with Crippen molar-refractivity contribution >= 4 is 21.8 Å². The van der Waals surface area contributed by atoms with E-state index in [0.29, 0.717) is 0 Å². The molecule has 0 aliphatic carbocycles. The number of fused-ring (bicyclic) bond motifs is 3. The van der Waals surface area contributed by atoms with Gasteiger partial charge in [-0.2, -0.15) is 0 Å². The molecular weight excluding hydrogens is 619 g/mol. The average molecular weight is 654 g/mol. The molecule has 3 nitrogen and oxygen atoms in total. The lowest BCUT2D eigenvalue weighted by Crippen LogP contribution is -2.01. The Morgan fingerprint density at radius 3 is 1.69 bits per heavy atom. The molecule has 0 aliphatic rings. The standard InChI is InChI=1S/C48H35N3/c1-32-40(22-14-23-41(32)47-33(2)46(36-15-6-3-7-16-36)49-48(50-47)37-17-8-4-9-18-37)35-27-25-34(26-28-35)38-29-30-45-43(31-38)42-21-12-13-24-44(42)51(45)39-19-10-5-11-20-39/h3-31H,1-2H3. The number of aromatic nitrogens is 3. The second-order valence-corrected chi connectivity index (χ2v) is 13.1. The lowest BCUT2D eigenvalue weighted by molar-refractivity contribution is 1.14. The van der Waals surface area contributed by atoms with Crippen molar-refractivity contribution in [2.45, 2.75) is 13.8 Å². The summed E-state index contributed by atoms with van der Waals surface area (Å²) in [5, 5.41) is 2.51. The number of para-hydroxylation sites is 2. The van der Waals surface area contributed by atoms with Crippen LogP contribution in [0.4, 0.5) is 0 Å². The number of hydrogen-bond donors (Lipinski definition) is 0. The van der Waals surface area contributed by atoms with Crippen LogP contribution in [0.15, 0.2) is 176 Å². The van der Waals surface area contributed by atoms with Gasteiger partial charge in [-0.1, -0.05) is 146 Å². The first-order valence-electron chi connectivity index (χ1n) is 17.4. The molecule has 242 valence electrons. The Morgan fingerprint density at radius 1 is 0.373 bits per heavy atom. The third kappa shape index (κ3) is 5.40. The van der Waals surface area contributed by atoms with Gasteiger partial charge >= 0.3 is 0 Å². The van der Waals surface area contributed by atoms with Crippen LogP contribution in [0.25, 0.3) is 83.6 Å². The summed E-state index contributed by atoms with van der Waals surface area (Å²) in [5.74, 6) is 0.730. The van der Waals surface area contributed by atoms with E-state index in [0.717, 1.165) is 39.5 Å². The van der Waals surface area contributed by atoms with E-state index in [1.165, 1.54) is 55.3 Å². The quantitative estimate of drug-likeness (QED) is 0.179. The Bertz CT molecular complexity index is 2670. The molecule has 0 saturated heterocycles. The number of hydrogen-bond acceptors (Lipinski definition) is 2. The maximum Gasteiger partial charge on any atom is 0.160 e. The fourth-order valence-corrected chi connectivity index (χ4v) is 7.43. The van der Waals surface area contributed by atoms with Gasteiger partial charge < -0.3 is 4.57 Å². The van der Waals surface area contributed by atoms with Crippen LogP contribution in [0, 0.1) is 13.8 Å². The summed E-state index contributed by atoms with van der Waals surface area (Å²) in [6.07, 6.45) is 0. The van der Waals surface area contributed by atoms with Crippen LogP contribution in [0.1, 0.15) is 11.1 Å². The normalized spacial score (nSPS) is 11.3. The smallest absolute Gasteiger partial charge is 0.160 e. The Morgan fingerprint density at radius 2 is 0.941 bits per heavy atom. The Labute approximate surface area is 298 Å². The van der Waals surface area contributed by atoms with Crippen LogP contribution in [0.5, 0.6) is 0 Å². The molecule has 9 aromatic rings. The molecule has 0 atom stereocenters. The molecule has 0 radical (unpaired) electrons. The molecular formula is C48H35N3. The van der Waals surface area contributed by atoms with E-state index in [1.54, 1.807) is 0 Å². The zero-order valence-corrected chi connectivity index (χ0v) is 28.6. The van der Waals surface area contributed by atoms with E-state index in [2.05, 4.69) is 170 Å². The Hall–Kier alpha value is -6.58. The summed E-state index contributed by atoms with van der Waals surface area (Å²) in [6, 6.07) is 62.3. The van der Waals surface area contributed by atoms with Crippen molar-refractivity contribution in [3.8, 4) is 61.8 Å². The molecule has 0 spiro atoms. The van der Waals surface area contributed by atoms with Gasteiger partial charge in [0.2, 0.25) is 0 Å². The van der Waals surface area contributed by atoms with Gasteiger partial charge in [-0.15, -0.1) is 0 Å². The summed E-state index contributed by atoms with van der Waals surface area (Å²) in [5.41, 5.74) is 15.7. The minimum Gasteiger partial charge on any atom is -0.309 e. The molecule has 3 heteroatoms. The predicted molar refractivity (Wildman–Crippen MR) is 213 cm³/mol. The van der Waals surface area contributed by atoms with Crippen LogP contribution in [-0.2, 0) is 0 Å². The molecule has 0 N–H and O–H groups in total. The van der Waals surface area contributed by atoms with Crippen molar-refractivity contribution < 1.29 is 0 Å². The zero-order valence-electron chi connectivity index (χ0n) is 28.6. The molecule has 2 heterocycles. The summed E-state index contributed by atoms with van der Waals surface area (Å²) in [6.45, 7) is 4.35. The van der Waals surface area contributed by atoms with Gasteiger partial charge in [0, 0.05) is 38.7 Å². The molecule has 0 saturated carbocycles. The van der Waals surface area contributed by atoms with E-state index in [1.807, 2.05) is 24.3 Å². The molecule has 7 aromatic carbocycles. The topological polar surface area (TPSA) is 30.7 Å². The lowest BCUT2D eigenvalue weighted by atomic mass is 9.91. The molecule has 2 aromatic heterocycles. The Balaban J connectivity index is 1.11. The van der Waals surface area contributed by atoms with Crippen molar-refractivity contribution in [1.82, 2.24) is 14.5 Å². The monoisotopic (exact) mass is 653 g/mol. The van der Waals surface area contributed by atoms with Gasteiger partial charge in [-0.25, -0.2) is 9.97 Å². The van der Waals surface area contributed by atoms with E-state index >= 15 is 0 Å². The van der Waals surface area contributed by atoms with Gasteiger partial charge in [0.15, 0.2) is 5.82 Å². The highest BCUT2D eigenvalue weighted by Crippen LogP contribution is 2.38. The van der Waals surface area contributed by atoms with Crippen LogP contribution in [-0.4, -0.2) is 14.5 Å². The van der Waals surface area contributed by atoms with E-state index in [9.17, 15) is 0 Å². The second kappa shape index (κ2) is 12.7. The van der Waals surface area contributed by atoms with Crippen molar-refractivity contribution in [1.29, 1.82) is 0 Å². The van der Waals surface area contributed by atoms with E-state index in [4.69, 9.17) is 9.97 Å². The third-order valence-corrected chi connectivity index (χ3v) is 10.0. The average Bonchev–Trinajstić information content (AvgIpc) is 3.53. The van der Waals surface area contributed by atoms with Crippen LogP contribution >= 0.6 is 0 Å². The van der Waals surface area contributed by atoms with Crippen molar-refractivity contribution in [2.24, 2.45) is 0 Å². The number of nitrogens with zero attached hydrogens (tertiary/aromatic N) is 3. The third-order valence-electron chi connectivity index (χ3n) is 10.0. The highest BCUT2D eigenvalue weighted by molar-refractivity contribution is 6.10. The van der Waals surface area contributed by atoms with Gasteiger partial charge in [0.05, 0.1) is 22.4 Å². The van der Waals surface area contributed by atoms with Crippen molar-refractivity contribution in [3.05, 3.63) is 187 Å². The zero-order chi connectivity index (χ0) is 34.3. The SMILES string of the molecule is Cc1c(-c2ccc(-c3ccc4c(c3)c3ccccc3n4-c3ccccc3)cc2)cccc1-c1nc(-c2ccccc2)nc(-c2ccccc2)c1C. The summed E-state index contributed by atoms with van der Waals surface area (Å²) in [4.78, 5) is 10.3. The van der Waals surface area contributed by atoms with Gasteiger partial charge in [-0.3, -0.25) is 0 Å². The molecule has 0 aliphatic heterocycles. The first-order chi connectivity index (χ1) is 25.1. The van der Waals surface area contributed by atoms with Crippen LogP contribution in [0.2, 0.25) is 0 Å². The molecule has 0 bridgehead atoms. The van der Waals surface area contributed by atoms with Gasteiger partial charge in [0.25, 0.3) is 0 Å². The predicted octanol–water partition coefficient (Wildman–Crippen LogP) is 12.5. The van der Waals surface area contributed by atoms with Crippen LogP contribution < -0.4 is 0 Å². The summed E-state index contributed by atoms with van der Waals surface area (Å²) in [7, 11) is 0. The minimum atomic E-state index is 0.730. The fourth-order valence-electron chi connectivity index (χ4n) is 7.43. The highest BCUT2D eigenvalue weighted by atomic mass is 15.0. The van der Waals surface area contributed by atoms with E-state index in [-0.39, 0.29) is 0 Å². The first-order valence-corrected chi connectivity index (χ1v) is 17.4. The van der Waals surface area contributed by atoms with Gasteiger partial charge in [0.1, 0.15) is 0 Å². The summed E-state index contributed by atoms with van der Waals surface area (Å²) >= 11 is 0. The molecule has 51 heavy (non-hydrogen) atoms. The fraction of sp³-hybridized carbons (Fsp3) is 0.0417. The van der Waals surface area contributed by atoms with Crippen molar-refractivity contribution in [3.63, 3.8) is 0 Å². The maximum absolute atomic E-state index is 5.20. The largest absolute Gasteiger partial charge is 0.309 e. The van der Waals surface area contributed by atoms with Crippen LogP contribution in [0.3, 0.4) is 0 Å². The molecule has 0 amide bonds. The molecule has 9 rings (SSSR count). The number of benzene rings is 7. The minimum absolute atomic E-state index is 0.730. The maximum atomic E-state index is 5.20. The van der Waals surface area contributed by atoms with Gasteiger partial charge in [-0.05, 0) is 72.0 Å². The molecule has 0 fully saturated rings. The lowest BCUT2D eigenvalue weighted by Gasteiger charge is -2.17. The molecule has 0 unspecified atom stereocenters. The summed E-state index contributed by atoms with van der Waals surface area (Å²) < 4.78 is 2.36. The number of rotatable bonds is 6. The van der Waals surface area contributed by atoms with E-state index < -0.39 is 0 Å². The highest BCUT2D eigenvalue weighted by Gasteiger charge is 2.19. The Kier molecular flexibility index (Phi) is 7.59. The van der Waals surface area contributed by atoms with Crippen molar-refractivity contribution in [2.75, 3.05) is 0 Å².